The Morgan fingerprint density at radius 2 is 1.89 bits per heavy atom. The first-order valence-electron chi connectivity index (χ1n) is 17.8. The second kappa shape index (κ2) is 14.7. The lowest BCUT2D eigenvalue weighted by molar-refractivity contribution is -0.143. The average Bonchev–Trinajstić information content (AvgIpc) is 3.51. The number of carbonyl (C=O) groups is 1. The molecule has 0 radical (unpaired) electrons. The van der Waals surface area contributed by atoms with Gasteiger partial charge in [0.25, 0.3) is 0 Å². The van der Waals surface area contributed by atoms with Crippen LogP contribution in [-0.2, 0) is 24.7 Å². The normalized spacial score (nSPS) is 24.7. The lowest BCUT2D eigenvalue weighted by Gasteiger charge is -2.38. The Labute approximate surface area is 279 Å². The Bertz CT molecular complexity index is 1500. The third kappa shape index (κ3) is 7.79. The summed E-state index contributed by atoms with van der Waals surface area (Å²) < 4.78 is 15.7. The average molecular weight is 646 g/mol. The number of rotatable bonds is 11. The van der Waals surface area contributed by atoms with E-state index < -0.39 is 5.97 Å². The molecule has 0 spiro atoms. The Hall–Kier alpha value is -3.53. The maximum absolute atomic E-state index is 13.8. The first kappa shape index (κ1) is 33.4. The van der Waals surface area contributed by atoms with Crippen LogP contribution in [0.1, 0.15) is 99.6 Å². The molecule has 254 valence electrons. The molecule has 0 bridgehead atoms. The van der Waals surface area contributed by atoms with Crippen LogP contribution in [0.3, 0.4) is 0 Å². The zero-order valence-corrected chi connectivity index (χ0v) is 28.5. The third-order valence-corrected chi connectivity index (χ3v) is 11.1. The van der Waals surface area contributed by atoms with E-state index in [9.17, 15) is 14.3 Å². The van der Waals surface area contributed by atoms with E-state index in [1.165, 1.54) is 12.8 Å². The molecule has 0 unspecified atom stereocenters. The number of aromatic nitrogens is 4. The number of likely N-dealkylation sites (tertiary alicyclic amines) is 1. The van der Waals surface area contributed by atoms with Crippen molar-refractivity contribution in [1.29, 1.82) is 0 Å². The molecule has 1 saturated carbocycles. The second-order valence-electron chi connectivity index (χ2n) is 14.5. The van der Waals surface area contributed by atoms with Crippen molar-refractivity contribution in [2.24, 2.45) is 24.8 Å². The Kier molecular flexibility index (Phi) is 10.4. The number of benzene rings is 1. The summed E-state index contributed by atoms with van der Waals surface area (Å²) in [5.41, 5.74) is 4.53. The number of nitrogens with one attached hydrogen (secondary N) is 1. The molecule has 6 rings (SSSR count). The van der Waals surface area contributed by atoms with Gasteiger partial charge in [-0.05, 0) is 106 Å². The number of carboxylic acid groups (broad SMARTS) is 1. The zero-order valence-electron chi connectivity index (χ0n) is 28.5. The summed E-state index contributed by atoms with van der Waals surface area (Å²) in [6.07, 6.45) is 13.4. The quantitative estimate of drug-likeness (QED) is 0.240. The molecule has 3 heterocycles. The molecule has 1 aromatic carbocycles. The van der Waals surface area contributed by atoms with Crippen molar-refractivity contribution in [1.82, 2.24) is 24.6 Å². The minimum atomic E-state index is -0.667. The molecule has 4 atom stereocenters. The minimum absolute atomic E-state index is 0.00521. The highest BCUT2D eigenvalue weighted by molar-refractivity contribution is 5.70. The van der Waals surface area contributed by atoms with Crippen LogP contribution < -0.4 is 10.2 Å². The van der Waals surface area contributed by atoms with Crippen molar-refractivity contribution in [2.75, 3.05) is 36.9 Å². The van der Waals surface area contributed by atoms with E-state index in [1.54, 1.807) is 12.1 Å². The lowest BCUT2D eigenvalue weighted by Crippen LogP contribution is -2.41. The number of aliphatic carboxylic acids is 1. The van der Waals surface area contributed by atoms with Crippen LogP contribution in [0.4, 0.5) is 16.2 Å². The number of halogens is 1. The van der Waals surface area contributed by atoms with Crippen LogP contribution in [0.15, 0.2) is 36.7 Å². The van der Waals surface area contributed by atoms with E-state index in [4.69, 9.17) is 9.97 Å². The highest BCUT2D eigenvalue weighted by Gasteiger charge is 2.34. The van der Waals surface area contributed by atoms with Gasteiger partial charge in [-0.2, -0.15) is 10.1 Å². The maximum Gasteiger partial charge on any atom is 0.306 e. The van der Waals surface area contributed by atoms with E-state index >= 15 is 0 Å². The van der Waals surface area contributed by atoms with Crippen LogP contribution >= 0.6 is 0 Å². The standard InChI is InChI=1S/C37H52FN7O2/c1-5-34(26-8-10-27(11-9-26)36(46)47)44(4)37-41-32-17-14-28(25-12-15-30(38)16-13-25)19-31(32)35(42-37)40-33(29-20-39-43(3)22-29)23-45-18-6-7-24(2)21-45/h12-13,15-16,20,22,24,26-28,33-34H,5-11,14,17-19,21,23H2,1-4H3,(H,46,47)(H,40,41,42)/t24-,26?,27?,28+,33-,34+/m0/s1. The summed E-state index contributed by atoms with van der Waals surface area (Å²) >= 11 is 0. The predicted molar refractivity (Wildman–Crippen MR) is 183 cm³/mol. The minimum Gasteiger partial charge on any atom is -0.481 e. The fourth-order valence-electron chi connectivity index (χ4n) is 8.45. The Balaban J connectivity index is 1.33. The first-order valence-corrected chi connectivity index (χ1v) is 17.8. The third-order valence-electron chi connectivity index (χ3n) is 11.1. The van der Waals surface area contributed by atoms with Crippen LogP contribution in [0, 0.1) is 23.6 Å². The molecule has 3 aliphatic rings. The summed E-state index contributed by atoms with van der Waals surface area (Å²) in [4.78, 5) is 27.0. The molecule has 47 heavy (non-hydrogen) atoms. The number of piperidine rings is 1. The van der Waals surface area contributed by atoms with Gasteiger partial charge in [-0.3, -0.25) is 9.48 Å². The van der Waals surface area contributed by atoms with Crippen molar-refractivity contribution < 1.29 is 14.3 Å². The van der Waals surface area contributed by atoms with Gasteiger partial charge in [0, 0.05) is 50.6 Å². The molecule has 2 aliphatic carbocycles. The van der Waals surface area contributed by atoms with Crippen molar-refractivity contribution in [3.63, 3.8) is 0 Å². The first-order chi connectivity index (χ1) is 22.7. The van der Waals surface area contributed by atoms with Crippen LogP contribution in [-0.4, -0.2) is 68.4 Å². The van der Waals surface area contributed by atoms with Gasteiger partial charge in [0.2, 0.25) is 5.95 Å². The number of carboxylic acids is 1. The molecule has 10 heteroatoms. The molecule has 9 nitrogen and oxygen atoms in total. The van der Waals surface area contributed by atoms with Gasteiger partial charge in [0.05, 0.1) is 23.9 Å². The van der Waals surface area contributed by atoms with E-state index in [1.807, 2.05) is 30.1 Å². The largest absolute Gasteiger partial charge is 0.481 e. The number of anilines is 2. The van der Waals surface area contributed by atoms with Crippen molar-refractivity contribution in [3.8, 4) is 0 Å². The summed E-state index contributed by atoms with van der Waals surface area (Å²) in [7, 11) is 4.08. The highest BCUT2D eigenvalue weighted by Crippen LogP contribution is 2.39. The fraction of sp³-hybridized carbons (Fsp3) is 0.622. The predicted octanol–water partition coefficient (Wildman–Crippen LogP) is 6.61. The molecule has 1 aliphatic heterocycles. The molecule has 1 saturated heterocycles. The van der Waals surface area contributed by atoms with Crippen molar-refractivity contribution >= 4 is 17.7 Å². The number of hydrogen-bond acceptors (Lipinski definition) is 7. The van der Waals surface area contributed by atoms with E-state index in [-0.39, 0.29) is 29.7 Å². The number of fused-ring (bicyclic) bond motifs is 1. The summed E-state index contributed by atoms with van der Waals surface area (Å²) in [5, 5.41) is 18.0. The van der Waals surface area contributed by atoms with E-state index in [0.29, 0.717) is 11.8 Å². The Morgan fingerprint density at radius 1 is 1.13 bits per heavy atom. The van der Waals surface area contributed by atoms with Crippen LogP contribution in [0.25, 0.3) is 0 Å². The zero-order chi connectivity index (χ0) is 33.1. The monoisotopic (exact) mass is 645 g/mol. The molecule has 0 amide bonds. The summed E-state index contributed by atoms with van der Waals surface area (Å²) in [6.45, 7) is 7.60. The second-order valence-corrected chi connectivity index (χ2v) is 14.5. The highest BCUT2D eigenvalue weighted by atomic mass is 19.1. The van der Waals surface area contributed by atoms with Gasteiger partial charge >= 0.3 is 5.97 Å². The van der Waals surface area contributed by atoms with Gasteiger partial charge in [-0.15, -0.1) is 0 Å². The number of hydrogen-bond donors (Lipinski definition) is 2. The van der Waals surface area contributed by atoms with E-state index in [2.05, 4.69) is 47.3 Å². The van der Waals surface area contributed by atoms with Gasteiger partial charge in [0.15, 0.2) is 0 Å². The van der Waals surface area contributed by atoms with Gasteiger partial charge < -0.3 is 20.2 Å². The summed E-state index contributed by atoms with van der Waals surface area (Å²) in [5.74, 6) is 1.86. The maximum atomic E-state index is 13.8. The van der Waals surface area contributed by atoms with Gasteiger partial charge in [-0.25, -0.2) is 9.37 Å². The van der Waals surface area contributed by atoms with Crippen LogP contribution in [0.2, 0.25) is 0 Å². The smallest absolute Gasteiger partial charge is 0.306 e. The number of nitrogens with zero attached hydrogens (tertiary/aromatic N) is 6. The molecule has 3 aromatic rings. The molecule has 2 aromatic heterocycles. The molecular formula is C37H52FN7O2. The SMILES string of the molecule is CC[C@H](C1CCC(C(=O)O)CC1)N(C)c1nc2c(c(N[C@@H](CN3CCC[C@H](C)C3)c3cnn(C)c3)n1)C[C@H](c1ccc(F)cc1)CC2. The van der Waals surface area contributed by atoms with Gasteiger partial charge in [-0.1, -0.05) is 26.0 Å². The van der Waals surface area contributed by atoms with Crippen LogP contribution in [0.5, 0.6) is 0 Å². The van der Waals surface area contributed by atoms with Crippen molar-refractivity contribution in [3.05, 3.63) is 64.9 Å². The molecule has 2 N–H and O–H groups in total. The fourth-order valence-corrected chi connectivity index (χ4v) is 8.45. The van der Waals surface area contributed by atoms with Crippen molar-refractivity contribution in [2.45, 2.75) is 96.1 Å². The Morgan fingerprint density at radius 3 is 2.55 bits per heavy atom. The van der Waals surface area contributed by atoms with Gasteiger partial charge in [0.1, 0.15) is 11.6 Å². The number of aryl methyl sites for hydroxylation is 2. The lowest BCUT2D eigenvalue weighted by atomic mass is 9.77. The molecule has 2 fully saturated rings. The summed E-state index contributed by atoms with van der Waals surface area (Å²) in [6, 6.07) is 7.20. The topological polar surface area (TPSA) is 99.4 Å². The molecular weight excluding hydrogens is 593 g/mol. The van der Waals surface area contributed by atoms with E-state index in [0.717, 1.165) is 105 Å².